The number of fused-ring (bicyclic) bond motifs is 6. The summed E-state index contributed by atoms with van der Waals surface area (Å²) in [4.78, 5) is 51.9. The molecule has 0 spiro atoms. The average molecular weight is 803 g/mol. The van der Waals surface area contributed by atoms with Gasteiger partial charge in [0.1, 0.15) is 37.3 Å². The quantitative estimate of drug-likeness (QED) is 0.119. The number of aliphatic hydroxyl groups is 1. The largest absolute Gasteiger partial charge is 0.465 e. The van der Waals surface area contributed by atoms with Gasteiger partial charge >= 0.3 is 33.3 Å². The van der Waals surface area contributed by atoms with E-state index in [0.717, 1.165) is 44.8 Å². The maximum Gasteiger partial charge on any atom is 0.465 e. The van der Waals surface area contributed by atoms with Crippen LogP contribution in [-0.2, 0) is 53.0 Å². The summed E-state index contributed by atoms with van der Waals surface area (Å²) in [5.74, 6) is -3.39. The molecule has 13 nitrogen and oxygen atoms in total. The second-order valence-corrected chi connectivity index (χ2v) is 20.0. The van der Waals surface area contributed by atoms with E-state index in [1.807, 2.05) is 6.92 Å². The predicted molar refractivity (Wildman–Crippen MR) is 187 cm³/mol. The Morgan fingerprint density at radius 1 is 0.800 bits per heavy atom. The first-order valence-electron chi connectivity index (χ1n) is 20.3. The van der Waals surface area contributed by atoms with Crippen LogP contribution in [0.3, 0.4) is 0 Å². The van der Waals surface area contributed by atoms with Crippen LogP contribution < -0.4 is 0 Å². The van der Waals surface area contributed by atoms with Gasteiger partial charge in [0.05, 0.1) is 16.9 Å². The molecule has 0 aromatic heterocycles. The van der Waals surface area contributed by atoms with Crippen LogP contribution in [0.25, 0.3) is 0 Å². The maximum atomic E-state index is 14.3. The van der Waals surface area contributed by atoms with Crippen LogP contribution in [0.1, 0.15) is 122 Å². The summed E-state index contributed by atoms with van der Waals surface area (Å²) < 4.78 is 90.4. The standard InChI is InChI=1S/C39H56F2O13S/c1-36(14-24-5-2-8-29(43)27(12-24)18-36)33(44)50-21-30-31(22-51-34(45)37-9-3-6-23(15-37)11-26(16-37)20-42)53-32(52-30)28-13-25-7-4-10-38(17-25,19-28)54-35(46)39(40,41)55(47,48)49/h20,23-32,43H,2-19,21-22H2,1H3,(H,47,48,49). The highest BCUT2D eigenvalue weighted by atomic mass is 32.2. The van der Waals surface area contributed by atoms with Crippen molar-refractivity contribution in [3.8, 4) is 0 Å². The normalized spacial score (nSPS) is 43.1. The van der Waals surface area contributed by atoms with Crippen molar-refractivity contribution in [2.75, 3.05) is 13.2 Å². The Hall–Kier alpha value is -2.27. The minimum atomic E-state index is -6.06. The smallest absolute Gasteiger partial charge is 0.462 e. The van der Waals surface area contributed by atoms with Crippen LogP contribution in [0.2, 0.25) is 0 Å². The molecule has 6 bridgehead atoms. The molecule has 13 atom stereocenters. The van der Waals surface area contributed by atoms with Gasteiger partial charge in [-0.15, -0.1) is 0 Å². The van der Waals surface area contributed by atoms with Crippen molar-refractivity contribution in [2.45, 2.75) is 158 Å². The molecule has 55 heavy (non-hydrogen) atoms. The van der Waals surface area contributed by atoms with Gasteiger partial charge < -0.3 is 33.6 Å². The fourth-order valence-electron chi connectivity index (χ4n) is 11.9. The molecule has 7 rings (SSSR count). The fraction of sp³-hybridized carbons (Fsp3) is 0.897. The SMILES string of the molecule is CC1(C(=O)OCC2OC(C3CC4CCCC(OC(=O)C(F)(F)S(=O)(=O)O)(C4)C3)OC2COC(=O)C23CCCC(CC(C=O)C2)C3)CC2CCCC(O)C(C2)C1. The Bertz CT molecular complexity index is 1590. The molecule has 13 unspecified atom stereocenters. The first-order chi connectivity index (χ1) is 25.9. The first-order valence-corrected chi connectivity index (χ1v) is 21.7. The van der Waals surface area contributed by atoms with E-state index >= 15 is 0 Å². The van der Waals surface area contributed by atoms with Crippen LogP contribution in [0, 0.1) is 46.3 Å². The molecular weight excluding hydrogens is 746 g/mol. The zero-order valence-electron chi connectivity index (χ0n) is 31.5. The highest BCUT2D eigenvalue weighted by Gasteiger charge is 2.59. The van der Waals surface area contributed by atoms with Crippen molar-refractivity contribution < 1.29 is 69.7 Å². The number of alkyl halides is 2. The summed E-state index contributed by atoms with van der Waals surface area (Å²) >= 11 is 0. The third-order valence-corrected chi connectivity index (χ3v) is 15.1. The lowest BCUT2D eigenvalue weighted by molar-refractivity contribution is -0.202. The van der Waals surface area contributed by atoms with E-state index in [0.29, 0.717) is 63.7 Å². The number of aldehydes is 1. The molecule has 0 aromatic rings. The number of aliphatic hydroxyl groups excluding tert-OH is 1. The molecule has 1 saturated heterocycles. The van der Waals surface area contributed by atoms with E-state index in [4.69, 9.17) is 28.2 Å². The molecule has 0 amide bonds. The highest BCUT2D eigenvalue weighted by molar-refractivity contribution is 7.87. The molecule has 6 saturated carbocycles. The molecule has 2 N–H and O–H groups in total. The molecule has 0 aromatic carbocycles. The molecule has 6 aliphatic carbocycles. The monoisotopic (exact) mass is 802 g/mol. The van der Waals surface area contributed by atoms with Gasteiger partial charge in [0.2, 0.25) is 0 Å². The van der Waals surface area contributed by atoms with E-state index < -0.39 is 80.2 Å². The maximum absolute atomic E-state index is 14.3. The number of carbonyl (C=O) groups is 4. The Labute approximate surface area is 321 Å². The van der Waals surface area contributed by atoms with Gasteiger partial charge in [-0.2, -0.15) is 17.2 Å². The lowest BCUT2D eigenvalue weighted by atomic mass is 9.59. The van der Waals surface area contributed by atoms with Gasteiger partial charge in [-0.1, -0.05) is 32.1 Å². The van der Waals surface area contributed by atoms with Gasteiger partial charge in [-0.05, 0) is 114 Å². The molecule has 7 aliphatic rings. The molecule has 16 heteroatoms. The summed E-state index contributed by atoms with van der Waals surface area (Å²) in [5, 5.41) is 5.60. The number of carbonyl (C=O) groups excluding carboxylic acids is 4. The highest BCUT2D eigenvalue weighted by Crippen LogP contribution is 2.53. The summed E-state index contributed by atoms with van der Waals surface area (Å²) in [7, 11) is -6.06. The topological polar surface area (TPSA) is 189 Å². The fourth-order valence-corrected chi connectivity index (χ4v) is 12.2. The molecule has 1 aliphatic heterocycles. The number of halogens is 2. The lowest BCUT2D eigenvalue weighted by Gasteiger charge is -2.48. The Morgan fingerprint density at radius 2 is 1.42 bits per heavy atom. The minimum absolute atomic E-state index is 0.00312. The third-order valence-electron chi connectivity index (χ3n) is 14.3. The average Bonchev–Trinajstić information content (AvgIpc) is 3.48. The van der Waals surface area contributed by atoms with Crippen molar-refractivity contribution in [1.82, 2.24) is 0 Å². The first kappa shape index (κ1) is 40.9. The van der Waals surface area contributed by atoms with E-state index in [1.54, 1.807) is 0 Å². The zero-order chi connectivity index (χ0) is 39.4. The predicted octanol–water partition coefficient (Wildman–Crippen LogP) is 5.30. The van der Waals surface area contributed by atoms with Crippen LogP contribution in [-0.4, -0.2) is 90.9 Å². The Balaban J connectivity index is 1.07. The lowest BCUT2D eigenvalue weighted by Crippen LogP contribution is -2.51. The molecular formula is C39H56F2O13S. The van der Waals surface area contributed by atoms with Crippen LogP contribution in [0.4, 0.5) is 8.78 Å². The third kappa shape index (κ3) is 8.36. The Morgan fingerprint density at radius 3 is 2.11 bits per heavy atom. The second kappa shape index (κ2) is 15.5. The molecule has 7 fully saturated rings. The number of hydrogen-bond donors (Lipinski definition) is 2. The van der Waals surface area contributed by atoms with Gasteiger partial charge in [0, 0.05) is 11.8 Å². The second-order valence-electron chi connectivity index (χ2n) is 18.5. The summed E-state index contributed by atoms with van der Waals surface area (Å²) in [6, 6.07) is 0. The number of hydrogen-bond acceptors (Lipinski definition) is 12. The van der Waals surface area contributed by atoms with Gasteiger partial charge in [-0.3, -0.25) is 14.1 Å². The van der Waals surface area contributed by atoms with Crippen LogP contribution in [0.15, 0.2) is 0 Å². The molecule has 0 radical (unpaired) electrons. The molecule has 310 valence electrons. The van der Waals surface area contributed by atoms with Crippen molar-refractivity contribution in [2.24, 2.45) is 46.3 Å². The number of ether oxygens (including phenoxy) is 5. The van der Waals surface area contributed by atoms with E-state index in [-0.39, 0.29) is 56.1 Å². The zero-order valence-corrected chi connectivity index (χ0v) is 32.4. The van der Waals surface area contributed by atoms with Gasteiger partial charge in [-0.25, -0.2) is 4.79 Å². The van der Waals surface area contributed by atoms with Crippen molar-refractivity contribution in [3.05, 3.63) is 0 Å². The number of rotatable bonds is 11. The van der Waals surface area contributed by atoms with Gasteiger partial charge in [0.15, 0.2) is 6.29 Å². The van der Waals surface area contributed by atoms with Crippen molar-refractivity contribution in [1.29, 1.82) is 0 Å². The van der Waals surface area contributed by atoms with Crippen molar-refractivity contribution in [3.63, 3.8) is 0 Å². The minimum Gasteiger partial charge on any atom is -0.462 e. The molecule has 1 heterocycles. The Kier molecular flexibility index (Phi) is 11.5. The van der Waals surface area contributed by atoms with E-state index in [1.165, 1.54) is 0 Å². The van der Waals surface area contributed by atoms with Gasteiger partial charge in [0.25, 0.3) is 0 Å². The summed E-state index contributed by atoms with van der Waals surface area (Å²) in [6.45, 7) is 1.43. The van der Waals surface area contributed by atoms with E-state index in [9.17, 15) is 41.5 Å². The summed E-state index contributed by atoms with van der Waals surface area (Å²) in [5.41, 5.74) is -3.03. The van der Waals surface area contributed by atoms with Crippen LogP contribution in [0.5, 0.6) is 0 Å². The summed E-state index contributed by atoms with van der Waals surface area (Å²) in [6.07, 6.45) is 8.80. The number of esters is 3. The van der Waals surface area contributed by atoms with E-state index in [2.05, 4.69) is 0 Å². The van der Waals surface area contributed by atoms with Crippen molar-refractivity contribution >= 4 is 34.3 Å². The van der Waals surface area contributed by atoms with Crippen LogP contribution >= 0.6 is 0 Å².